The van der Waals surface area contributed by atoms with Crippen LogP contribution in [0.15, 0.2) is 108 Å². The van der Waals surface area contributed by atoms with Crippen molar-refractivity contribution in [3.63, 3.8) is 0 Å². The second kappa shape index (κ2) is 7.45. The first kappa shape index (κ1) is 20.4. The van der Waals surface area contributed by atoms with Crippen LogP contribution in [0.5, 0.6) is 0 Å². The Bertz CT molecular complexity index is 2240. The highest BCUT2D eigenvalue weighted by atomic mass is 15.1. The Morgan fingerprint density at radius 1 is 0.526 bits per heavy atom. The number of aryl methyl sites for hydroxylation is 1. The molecule has 5 aromatic carbocycles. The van der Waals surface area contributed by atoms with E-state index in [0.717, 1.165) is 30.8 Å². The topological polar surface area (TPSA) is 21.7 Å². The fourth-order valence-electron chi connectivity index (χ4n) is 7.01. The van der Waals surface area contributed by atoms with Gasteiger partial charge in [-0.1, -0.05) is 72.8 Å². The van der Waals surface area contributed by atoms with Crippen molar-refractivity contribution in [2.45, 2.75) is 25.7 Å². The van der Waals surface area contributed by atoms with Gasteiger partial charge in [-0.3, -0.25) is 4.57 Å². The molecule has 0 unspecified atom stereocenters. The Labute approximate surface area is 219 Å². The zero-order valence-electron chi connectivity index (χ0n) is 21.0. The number of para-hydroxylation sites is 4. The van der Waals surface area contributed by atoms with Crippen LogP contribution in [0.1, 0.15) is 24.8 Å². The lowest BCUT2D eigenvalue weighted by Gasteiger charge is -2.16. The van der Waals surface area contributed by atoms with E-state index in [4.69, 9.17) is 4.99 Å². The number of aromatic nitrogens is 2. The fourth-order valence-corrected chi connectivity index (χ4v) is 7.01. The summed E-state index contributed by atoms with van der Waals surface area (Å²) >= 11 is 0. The average Bonchev–Trinajstić information content (AvgIpc) is 3.58. The first-order valence-electron chi connectivity index (χ1n) is 13.6. The van der Waals surface area contributed by atoms with Crippen molar-refractivity contribution in [2.24, 2.45) is 4.99 Å². The lowest BCUT2D eigenvalue weighted by atomic mass is 10.0. The second-order valence-corrected chi connectivity index (χ2v) is 10.6. The highest BCUT2D eigenvalue weighted by molar-refractivity contribution is 6.35. The van der Waals surface area contributed by atoms with Gasteiger partial charge in [0.05, 0.1) is 33.3 Å². The number of fused-ring (bicyclic) bond motifs is 11. The zero-order valence-corrected chi connectivity index (χ0v) is 21.0. The third-order valence-electron chi connectivity index (χ3n) is 8.60. The summed E-state index contributed by atoms with van der Waals surface area (Å²) in [5.74, 6) is 1.14. The molecule has 3 heteroatoms. The van der Waals surface area contributed by atoms with E-state index in [9.17, 15) is 0 Å². The molecule has 4 heterocycles. The van der Waals surface area contributed by atoms with Crippen LogP contribution in [0.3, 0.4) is 0 Å². The smallest absolute Gasteiger partial charge is 0.114 e. The van der Waals surface area contributed by atoms with Crippen molar-refractivity contribution >= 4 is 71.4 Å². The van der Waals surface area contributed by atoms with Crippen LogP contribution in [0.2, 0.25) is 0 Å². The Morgan fingerprint density at radius 3 is 1.97 bits per heavy atom. The number of benzene rings is 5. The van der Waals surface area contributed by atoms with Gasteiger partial charge < -0.3 is 4.40 Å². The maximum absolute atomic E-state index is 5.39. The molecule has 180 valence electrons. The minimum atomic E-state index is 0.963. The molecule has 38 heavy (non-hydrogen) atoms. The molecule has 0 saturated carbocycles. The van der Waals surface area contributed by atoms with Crippen molar-refractivity contribution in [2.75, 3.05) is 0 Å². The minimum Gasteiger partial charge on any atom is -0.308 e. The molecule has 0 bridgehead atoms. The summed E-state index contributed by atoms with van der Waals surface area (Å²) in [5.41, 5.74) is 8.84. The number of hydrogen-bond donors (Lipinski definition) is 0. The Kier molecular flexibility index (Phi) is 4.01. The third kappa shape index (κ3) is 2.56. The molecule has 0 fully saturated rings. The van der Waals surface area contributed by atoms with E-state index in [1.54, 1.807) is 0 Å². The lowest BCUT2D eigenvalue weighted by Crippen LogP contribution is -2.13. The largest absolute Gasteiger partial charge is 0.308 e. The van der Waals surface area contributed by atoms with E-state index in [1.165, 1.54) is 71.9 Å². The Morgan fingerprint density at radius 2 is 1.13 bits per heavy atom. The average molecular weight is 488 g/mol. The molecule has 0 radical (unpaired) electrons. The van der Waals surface area contributed by atoms with Gasteiger partial charge >= 0.3 is 0 Å². The zero-order chi connectivity index (χ0) is 24.8. The molecule has 8 aromatic rings. The molecule has 3 nitrogen and oxygen atoms in total. The molecular formula is C35H25N3. The normalized spacial score (nSPS) is 15.9. The van der Waals surface area contributed by atoms with E-state index >= 15 is 0 Å². The fraction of sp³-hybridized carbons (Fsp3) is 0.114. The van der Waals surface area contributed by atoms with Crippen LogP contribution in [0.4, 0.5) is 5.69 Å². The highest BCUT2D eigenvalue weighted by Gasteiger charge is 2.25. The Balaban J connectivity index is 1.55. The van der Waals surface area contributed by atoms with E-state index in [-0.39, 0.29) is 0 Å². The maximum atomic E-state index is 5.39. The number of nitrogens with zero attached hydrogens (tertiary/aromatic N) is 3. The van der Waals surface area contributed by atoms with Gasteiger partial charge in [-0.25, -0.2) is 4.99 Å². The Hall–Kier alpha value is -4.63. The lowest BCUT2D eigenvalue weighted by molar-refractivity contribution is 0.748. The standard InChI is InChI=1S/C35H25N3/c1-6-16-28-22(11-1)12-2-10-20-32(36-28)38-30-18-8-4-14-24(30)27-21-26-23-13-3-7-17-29(23)37-31-19-9-5-15-25(31)33(34(26)37)35(27)38/h1,3-9,11,13-19,21H,2,10,12,20H2/b36-32+. The van der Waals surface area contributed by atoms with Gasteiger partial charge in [0.25, 0.3) is 0 Å². The van der Waals surface area contributed by atoms with Crippen molar-refractivity contribution in [3.8, 4) is 0 Å². The summed E-state index contributed by atoms with van der Waals surface area (Å²) in [6.07, 6.45) is 4.38. The molecule has 0 saturated heterocycles. The first-order valence-corrected chi connectivity index (χ1v) is 13.6. The molecule has 9 rings (SSSR count). The van der Waals surface area contributed by atoms with Gasteiger partial charge in [0.1, 0.15) is 5.84 Å². The van der Waals surface area contributed by atoms with Gasteiger partial charge in [-0.05, 0) is 55.2 Å². The predicted molar refractivity (Wildman–Crippen MR) is 161 cm³/mol. The number of hydrogen-bond acceptors (Lipinski definition) is 1. The van der Waals surface area contributed by atoms with E-state index in [0.29, 0.717) is 0 Å². The van der Waals surface area contributed by atoms with Gasteiger partial charge in [0, 0.05) is 38.7 Å². The van der Waals surface area contributed by atoms with Gasteiger partial charge in [0.2, 0.25) is 0 Å². The molecule has 3 aromatic heterocycles. The molecule has 0 amide bonds. The van der Waals surface area contributed by atoms with Crippen LogP contribution in [-0.4, -0.2) is 14.8 Å². The molecule has 0 spiro atoms. The molecule has 0 atom stereocenters. The summed E-state index contributed by atoms with van der Waals surface area (Å²) in [6.45, 7) is 0. The predicted octanol–water partition coefficient (Wildman–Crippen LogP) is 9.25. The van der Waals surface area contributed by atoms with Crippen LogP contribution in [0.25, 0.3) is 59.9 Å². The maximum Gasteiger partial charge on any atom is 0.114 e. The summed E-state index contributed by atoms with van der Waals surface area (Å²) in [7, 11) is 0. The molecule has 1 aliphatic rings. The van der Waals surface area contributed by atoms with E-state index in [2.05, 4.69) is 112 Å². The summed E-state index contributed by atoms with van der Waals surface area (Å²) in [6, 6.07) is 37.7. The number of rotatable bonds is 0. The van der Waals surface area contributed by atoms with Crippen LogP contribution in [-0.2, 0) is 6.42 Å². The van der Waals surface area contributed by atoms with Gasteiger partial charge in [0.15, 0.2) is 0 Å². The molecule has 1 aliphatic heterocycles. The van der Waals surface area contributed by atoms with Crippen LogP contribution in [0, 0.1) is 0 Å². The third-order valence-corrected chi connectivity index (χ3v) is 8.60. The molecule has 0 aliphatic carbocycles. The molecule has 0 N–H and O–H groups in total. The van der Waals surface area contributed by atoms with Crippen molar-refractivity contribution in [1.29, 1.82) is 0 Å². The van der Waals surface area contributed by atoms with E-state index < -0.39 is 0 Å². The first-order chi connectivity index (χ1) is 18.9. The summed E-state index contributed by atoms with van der Waals surface area (Å²) in [5, 5.41) is 7.88. The van der Waals surface area contributed by atoms with Crippen molar-refractivity contribution < 1.29 is 0 Å². The summed E-state index contributed by atoms with van der Waals surface area (Å²) in [4.78, 5) is 5.39. The quantitative estimate of drug-likeness (QED) is 0.203. The highest BCUT2D eigenvalue weighted by Crippen LogP contribution is 2.45. The van der Waals surface area contributed by atoms with E-state index in [1.807, 2.05) is 0 Å². The monoisotopic (exact) mass is 487 g/mol. The van der Waals surface area contributed by atoms with Gasteiger partial charge in [-0.2, -0.15) is 0 Å². The second-order valence-electron chi connectivity index (χ2n) is 10.6. The van der Waals surface area contributed by atoms with Crippen molar-refractivity contribution in [3.05, 3.63) is 109 Å². The van der Waals surface area contributed by atoms with Crippen molar-refractivity contribution in [1.82, 2.24) is 8.97 Å². The van der Waals surface area contributed by atoms with Crippen LogP contribution < -0.4 is 0 Å². The van der Waals surface area contributed by atoms with Gasteiger partial charge in [-0.15, -0.1) is 0 Å². The molecular weight excluding hydrogens is 462 g/mol. The summed E-state index contributed by atoms with van der Waals surface area (Å²) < 4.78 is 4.97. The minimum absolute atomic E-state index is 0.963. The van der Waals surface area contributed by atoms with Crippen LogP contribution >= 0.6 is 0 Å². The SMILES string of the molecule is c1ccc2c(c1)CCCC/C(n1c3ccccc3c3cc4c5ccccc5n5c6ccccc6c(c31)c45)=N\2. The number of aliphatic imine (C=N–C) groups is 1.